The van der Waals surface area contributed by atoms with Gasteiger partial charge in [0.15, 0.2) is 0 Å². The number of carbonyl (C=O) groups is 2. The van der Waals surface area contributed by atoms with Gasteiger partial charge in [0.2, 0.25) is 11.8 Å². The summed E-state index contributed by atoms with van der Waals surface area (Å²) in [4.78, 5) is 26.0. The van der Waals surface area contributed by atoms with Gasteiger partial charge in [0, 0.05) is 18.7 Å². The first-order valence-corrected chi connectivity index (χ1v) is 8.50. The molecule has 1 aliphatic carbocycles. The topological polar surface area (TPSA) is 58.6 Å². The minimum Gasteiger partial charge on any atom is -0.493 e. The molecule has 2 aliphatic rings. The average Bonchev–Trinajstić information content (AvgIpc) is 3.29. The van der Waals surface area contributed by atoms with Gasteiger partial charge < -0.3 is 15.0 Å². The molecule has 0 radical (unpaired) electrons. The van der Waals surface area contributed by atoms with Gasteiger partial charge in [-0.3, -0.25) is 9.59 Å². The highest BCUT2D eigenvalue weighted by atomic mass is 16.5. The zero-order valence-electron chi connectivity index (χ0n) is 13.6. The molecule has 2 amide bonds. The van der Waals surface area contributed by atoms with Crippen LogP contribution in [-0.2, 0) is 9.59 Å². The van der Waals surface area contributed by atoms with Crippen molar-refractivity contribution in [2.24, 2.45) is 5.92 Å². The highest BCUT2D eigenvalue weighted by molar-refractivity contribution is 5.97. The second-order valence-electron chi connectivity index (χ2n) is 6.38. The third-order valence-corrected chi connectivity index (χ3v) is 4.48. The molecule has 5 nitrogen and oxygen atoms in total. The van der Waals surface area contributed by atoms with Crippen LogP contribution in [0.1, 0.15) is 39.0 Å². The van der Waals surface area contributed by atoms with Gasteiger partial charge in [0.25, 0.3) is 0 Å². The Bertz CT molecular complexity index is 566. The minimum absolute atomic E-state index is 0.0795. The molecule has 0 aromatic heterocycles. The Balaban J connectivity index is 1.56. The molecule has 0 unspecified atom stereocenters. The van der Waals surface area contributed by atoms with Crippen molar-refractivity contribution in [3.8, 4) is 5.75 Å². The molecule has 0 spiro atoms. The van der Waals surface area contributed by atoms with Crippen LogP contribution >= 0.6 is 0 Å². The van der Waals surface area contributed by atoms with Crippen LogP contribution in [0.4, 0.5) is 5.69 Å². The van der Waals surface area contributed by atoms with Crippen molar-refractivity contribution in [2.75, 3.05) is 18.5 Å². The third-order valence-electron chi connectivity index (χ3n) is 4.48. The number of carbonyl (C=O) groups excluding carboxylic acids is 2. The van der Waals surface area contributed by atoms with Gasteiger partial charge >= 0.3 is 0 Å². The summed E-state index contributed by atoms with van der Waals surface area (Å²) in [6, 6.07) is 7.06. The van der Waals surface area contributed by atoms with Crippen LogP contribution in [0.5, 0.6) is 5.75 Å². The third kappa shape index (κ3) is 4.03. The highest BCUT2D eigenvalue weighted by Crippen LogP contribution is 2.29. The molecule has 124 valence electrons. The maximum atomic E-state index is 12.4. The molecule has 1 saturated carbocycles. The standard InChI is InChI=1S/C18H24N2O3/c1-2-16(20-11-3-4-17(20)21)18(22)19-14-7-9-15(10-8-14)23-12-13-5-6-13/h7-10,13,16H,2-6,11-12H2,1H3,(H,19,22)/t16-/m0/s1. The molecular weight excluding hydrogens is 292 g/mol. The summed E-state index contributed by atoms with van der Waals surface area (Å²) < 4.78 is 5.69. The summed E-state index contributed by atoms with van der Waals surface area (Å²) in [5.41, 5.74) is 0.735. The van der Waals surface area contributed by atoms with Crippen molar-refractivity contribution in [3.05, 3.63) is 24.3 Å². The Hall–Kier alpha value is -2.04. The fraction of sp³-hybridized carbons (Fsp3) is 0.556. The first-order valence-electron chi connectivity index (χ1n) is 8.50. The van der Waals surface area contributed by atoms with Crippen LogP contribution in [0, 0.1) is 5.92 Å². The first kappa shape index (κ1) is 15.8. The van der Waals surface area contributed by atoms with Crippen LogP contribution in [0.25, 0.3) is 0 Å². The monoisotopic (exact) mass is 316 g/mol. The van der Waals surface area contributed by atoms with Gasteiger partial charge in [0.1, 0.15) is 11.8 Å². The second kappa shape index (κ2) is 7.02. The van der Waals surface area contributed by atoms with Crippen molar-refractivity contribution in [3.63, 3.8) is 0 Å². The van der Waals surface area contributed by atoms with E-state index in [9.17, 15) is 9.59 Å². The molecule has 5 heteroatoms. The SMILES string of the molecule is CC[C@@H](C(=O)Nc1ccc(OCC2CC2)cc1)N1CCCC1=O. The highest BCUT2D eigenvalue weighted by Gasteiger charge is 2.31. The predicted molar refractivity (Wildman–Crippen MR) is 88.3 cm³/mol. The van der Waals surface area contributed by atoms with Crippen LogP contribution < -0.4 is 10.1 Å². The molecule has 1 heterocycles. The van der Waals surface area contributed by atoms with Gasteiger partial charge in [-0.05, 0) is 55.9 Å². The number of hydrogen-bond donors (Lipinski definition) is 1. The lowest BCUT2D eigenvalue weighted by Gasteiger charge is -2.25. The van der Waals surface area contributed by atoms with Crippen LogP contribution in [0.2, 0.25) is 0 Å². The van der Waals surface area contributed by atoms with Crippen molar-refractivity contribution >= 4 is 17.5 Å². The number of nitrogens with one attached hydrogen (secondary N) is 1. The molecule has 2 fully saturated rings. The number of ether oxygens (including phenoxy) is 1. The van der Waals surface area contributed by atoms with E-state index in [0.717, 1.165) is 30.4 Å². The number of benzene rings is 1. The van der Waals surface area contributed by atoms with E-state index in [1.54, 1.807) is 4.90 Å². The van der Waals surface area contributed by atoms with E-state index in [4.69, 9.17) is 4.74 Å². The number of nitrogens with zero attached hydrogens (tertiary/aromatic N) is 1. The van der Waals surface area contributed by atoms with Crippen molar-refractivity contribution in [1.29, 1.82) is 0 Å². The van der Waals surface area contributed by atoms with Crippen LogP contribution in [0.15, 0.2) is 24.3 Å². The van der Waals surface area contributed by atoms with E-state index in [1.165, 1.54) is 12.8 Å². The maximum absolute atomic E-state index is 12.4. The Morgan fingerprint density at radius 2 is 2.09 bits per heavy atom. The smallest absolute Gasteiger partial charge is 0.247 e. The van der Waals surface area contributed by atoms with Gasteiger partial charge in [-0.15, -0.1) is 0 Å². The Labute approximate surface area is 137 Å². The van der Waals surface area contributed by atoms with E-state index in [-0.39, 0.29) is 17.9 Å². The molecular formula is C18H24N2O3. The van der Waals surface area contributed by atoms with Crippen molar-refractivity contribution < 1.29 is 14.3 Å². The van der Waals surface area contributed by atoms with Crippen molar-refractivity contribution in [1.82, 2.24) is 4.90 Å². The summed E-state index contributed by atoms with van der Waals surface area (Å²) >= 11 is 0. The molecule has 1 aliphatic heterocycles. The zero-order chi connectivity index (χ0) is 16.2. The molecule has 1 aromatic rings. The van der Waals surface area contributed by atoms with Gasteiger partial charge in [0.05, 0.1) is 6.61 Å². The molecule has 23 heavy (non-hydrogen) atoms. The fourth-order valence-corrected chi connectivity index (χ4v) is 2.90. The normalized spacial score (nSPS) is 18.8. The molecule has 1 N–H and O–H groups in total. The molecule has 0 bridgehead atoms. The zero-order valence-corrected chi connectivity index (χ0v) is 13.6. The molecule has 1 aromatic carbocycles. The van der Waals surface area contributed by atoms with Crippen molar-refractivity contribution in [2.45, 2.75) is 45.1 Å². The number of likely N-dealkylation sites (tertiary alicyclic amines) is 1. The Morgan fingerprint density at radius 1 is 1.35 bits per heavy atom. The van der Waals surface area contributed by atoms with Gasteiger partial charge in [-0.1, -0.05) is 6.92 Å². The minimum atomic E-state index is -0.379. The van der Waals surface area contributed by atoms with E-state index in [2.05, 4.69) is 5.32 Å². The van der Waals surface area contributed by atoms with Crippen LogP contribution in [0.3, 0.4) is 0 Å². The van der Waals surface area contributed by atoms with Gasteiger partial charge in [-0.25, -0.2) is 0 Å². The van der Waals surface area contributed by atoms with Gasteiger partial charge in [-0.2, -0.15) is 0 Å². The lowest BCUT2D eigenvalue weighted by atomic mass is 10.1. The number of anilines is 1. The average molecular weight is 316 g/mol. The summed E-state index contributed by atoms with van der Waals surface area (Å²) in [7, 11) is 0. The van der Waals surface area contributed by atoms with Crippen LogP contribution in [-0.4, -0.2) is 35.9 Å². The Morgan fingerprint density at radius 3 is 2.65 bits per heavy atom. The van der Waals surface area contributed by atoms with E-state index >= 15 is 0 Å². The summed E-state index contributed by atoms with van der Waals surface area (Å²) in [6.07, 6.45) is 4.55. The van der Waals surface area contributed by atoms with E-state index in [1.807, 2.05) is 31.2 Å². The summed E-state index contributed by atoms with van der Waals surface area (Å²) in [6.45, 7) is 3.39. The largest absolute Gasteiger partial charge is 0.493 e. The quantitative estimate of drug-likeness (QED) is 0.841. The predicted octanol–water partition coefficient (Wildman–Crippen LogP) is 2.81. The number of amides is 2. The lowest BCUT2D eigenvalue weighted by Crippen LogP contribution is -2.44. The summed E-state index contributed by atoms with van der Waals surface area (Å²) in [5, 5.41) is 2.91. The number of rotatable bonds is 7. The molecule has 1 saturated heterocycles. The first-order chi connectivity index (χ1) is 11.2. The fourth-order valence-electron chi connectivity index (χ4n) is 2.90. The summed E-state index contributed by atoms with van der Waals surface area (Å²) in [5.74, 6) is 1.51. The van der Waals surface area contributed by atoms with E-state index in [0.29, 0.717) is 19.4 Å². The lowest BCUT2D eigenvalue weighted by molar-refractivity contribution is -0.135. The van der Waals surface area contributed by atoms with E-state index < -0.39 is 0 Å². The maximum Gasteiger partial charge on any atom is 0.247 e. The second-order valence-corrected chi connectivity index (χ2v) is 6.38. The Kier molecular flexibility index (Phi) is 4.84. The molecule has 3 rings (SSSR count). The number of hydrogen-bond acceptors (Lipinski definition) is 3. The molecule has 1 atom stereocenters.